The Balaban J connectivity index is 2.03. The third kappa shape index (κ3) is 3.45. The van der Waals surface area contributed by atoms with Gasteiger partial charge in [0.1, 0.15) is 12.4 Å². The van der Waals surface area contributed by atoms with E-state index in [1.807, 2.05) is 12.1 Å². The van der Waals surface area contributed by atoms with Crippen LogP contribution >= 0.6 is 23.2 Å². The predicted octanol–water partition coefficient (Wildman–Crippen LogP) is 3.49. The maximum atomic E-state index is 12.2. The molecule has 0 radical (unpaired) electrons. The van der Waals surface area contributed by atoms with Crippen molar-refractivity contribution in [3.8, 4) is 11.4 Å². The summed E-state index contributed by atoms with van der Waals surface area (Å²) in [5.74, 6) is 0.450. The zero-order chi connectivity index (χ0) is 18.0. The predicted molar refractivity (Wildman–Crippen MR) is 97.5 cm³/mol. The summed E-state index contributed by atoms with van der Waals surface area (Å²) in [5.41, 5.74) is 1.75. The quantitative estimate of drug-likeness (QED) is 0.683. The van der Waals surface area contributed by atoms with Crippen molar-refractivity contribution in [2.45, 2.75) is 6.61 Å². The number of nitrogens with zero attached hydrogens (tertiary/aromatic N) is 4. The lowest BCUT2D eigenvalue weighted by Crippen LogP contribution is -2.23. The van der Waals surface area contributed by atoms with Crippen LogP contribution in [0.3, 0.4) is 0 Å². The Morgan fingerprint density at radius 1 is 1.24 bits per heavy atom. The van der Waals surface area contributed by atoms with Gasteiger partial charge >= 0.3 is 5.69 Å². The molecule has 1 heterocycles. The highest BCUT2D eigenvalue weighted by Gasteiger charge is 2.14. The van der Waals surface area contributed by atoms with Crippen LogP contribution in [0.5, 0.6) is 5.75 Å². The Hall–Kier alpha value is -2.57. The van der Waals surface area contributed by atoms with Crippen molar-refractivity contribution in [1.82, 2.24) is 19.8 Å². The molecule has 0 unspecified atom stereocenters. The van der Waals surface area contributed by atoms with E-state index < -0.39 is 0 Å². The second kappa shape index (κ2) is 7.13. The van der Waals surface area contributed by atoms with Gasteiger partial charge in [0.15, 0.2) is 0 Å². The molecule has 0 bridgehead atoms. The van der Waals surface area contributed by atoms with Crippen LogP contribution < -0.4 is 10.4 Å². The van der Waals surface area contributed by atoms with E-state index in [2.05, 4.69) is 17.0 Å². The Kier molecular flexibility index (Phi) is 4.92. The molecule has 0 fully saturated rings. The van der Waals surface area contributed by atoms with Crippen molar-refractivity contribution in [3.05, 3.63) is 74.6 Å². The van der Waals surface area contributed by atoms with Gasteiger partial charge in [0.2, 0.25) is 0 Å². The van der Waals surface area contributed by atoms with Gasteiger partial charge in [0, 0.05) is 23.7 Å². The average molecular weight is 377 g/mol. The highest BCUT2D eigenvalue weighted by molar-refractivity contribution is 6.34. The lowest BCUT2D eigenvalue weighted by Gasteiger charge is -2.14. The number of aromatic nitrogens is 4. The van der Waals surface area contributed by atoms with Crippen LogP contribution in [-0.4, -0.2) is 19.8 Å². The van der Waals surface area contributed by atoms with E-state index in [-0.39, 0.29) is 12.3 Å². The topological polar surface area (TPSA) is 61.9 Å². The number of rotatable bonds is 5. The fraction of sp³-hybridized carbons (Fsp3) is 0.118. The first-order valence-corrected chi connectivity index (χ1v) is 8.08. The zero-order valence-corrected chi connectivity index (χ0v) is 14.8. The van der Waals surface area contributed by atoms with Gasteiger partial charge in [-0.25, -0.2) is 4.79 Å². The summed E-state index contributed by atoms with van der Waals surface area (Å²) in [6.45, 7) is 3.96. The van der Waals surface area contributed by atoms with E-state index in [1.54, 1.807) is 30.3 Å². The maximum Gasteiger partial charge on any atom is 0.368 e. The van der Waals surface area contributed by atoms with Gasteiger partial charge in [-0.05, 0) is 34.2 Å². The van der Waals surface area contributed by atoms with Crippen molar-refractivity contribution in [2.75, 3.05) is 0 Å². The molecule has 6 nitrogen and oxygen atoms in total. The minimum atomic E-state index is -0.358. The number of tetrazole rings is 1. The van der Waals surface area contributed by atoms with Crippen molar-refractivity contribution < 1.29 is 4.74 Å². The third-order valence-corrected chi connectivity index (χ3v) is 4.17. The van der Waals surface area contributed by atoms with Gasteiger partial charge in [-0.3, -0.25) is 0 Å². The summed E-state index contributed by atoms with van der Waals surface area (Å²) in [6, 6.07) is 10.4. The maximum absolute atomic E-state index is 12.2. The van der Waals surface area contributed by atoms with Gasteiger partial charge in [0.25, 0.3) is 0 Å². The van der Waals surface area contributed by atoms with E-state index in [9.17, 15) is 4.79 Å². The van der Waals surface area contributed by atoms with Crippen LogP contribution in [0.15, 0.2) is 47.8 Å². The Labute approximate surface area is 153 Å². The molecule has 0 saturated heterocycles. The summed E-state index contributed by atoms with van der Waals surface area (Å²) in [4.78, 5) is 12.2. The molecule has 0 saturated carbocycles. The average Bonchev–Trinajstić information content (AvgIpc) is 2.94. The second-order valence-electron chi connectivity index (χ2n) is 5.21. The van der Waals surface area contributed by atoms with Gasteiger partial charge < -0.3 is 4.74 Å². The molecule has 0 N–H and O–H groups in total. The fourth-order valence-electron chi connectivity index (χ4n) is 2.34. The van der Waals surface area contributed by atoms with Gasteiger partial charge in [-0.1, -0.05) is 48.0 Å². The van der Waals surface area contributed by atoms with Crippen molar-refractivity contribution in [1.29, 1.82) is 0 Å². The van der Waals surface area contributed by atoms with Gasteiger partial charge in [-0.15, -0.1) is 0 Å². The Morgan fingerprint density at radius 3 is 2.72 bits per heavy atom. The minimum absolute atomic E-state index is 0.153. The molecule has 2 aromatic carbocycles. The fourth-order valence-corrected chi connectivity index (χ4v) is 2.68. The first-order valence-electron chi connectivity index (χ1n) is 7.33. The van der Waals surface area contributed by atoms with E-state index in [1.165, 1.54) is 11.7 Å². The third-order valence-electron chi connectivity index (χ3n) is 3.62. The molecule has 128 valence electrons. The summed E-state index contributed by atoms with van der Waals surface area (Å²) in [6.07, 6.45) is 1.68. The molecule has 3 aromatic rings. The second-order valence-corrected chi connectivity index (χ2v) is 6.05. The molecular formula is C17H14Cl2N4O2. The SMILES string of the molecule is C=Cc1cccc(-n2nnn(C)c2=O)c1COc1cc(Cl)ccc1Cl. The zero-order valence-electron chi connectivity index (χ0n) is 13.3. The highest BCUT2D eigenvalue weighted by atomic mass is 35.5. The van der Waals surface area contributed by atoms with Crippen LogP contribution in [0.1, 0.15) is 11.1 Å². The molecule has 25 heavy (non-hydrogen) atoms. The Morgan fingerprint density at radius 2 is 2.04 bits per heavy atom. The van der Waals surface area contributed by atoms with E-state index in [0.717, 1.165) is 15.8 Å². The highest BCUT2D eigenvalue weighted by Crippen LogP contribution is 2.29. The standard InChI is InChI=1S/C17H14Cl2N4O2/c1-3-11-5-4-6-15(23-17(24)22(2)20-21-23)13(11)10-25-16-9-12(18)7-8-14(16)19/h3-9H,1,10H2,2H3. The summed E-state index contributed by atoms with van der Waals surface area (Å²) < 4.78 is 8.19. The van der Waals surface area contributed by atoms with E-state index >= 15 is 0 Å². The Bertz CT molecular complexity index is 995. The van der Waals surface area contributed by atoms with E-state index in [0.29, 0.717) is 21.5 Å². The molecular weight excluding hydrogens is 363 g/mol. The summed E-state index contributed by atoms with van der Waals surface area (Å²) >= 11 is 12.1. The van der Waals surface area contributed by atoms with Crippen LogP contribution in [0.4, 0.5) is 0 Å². The summed E-state index contributed by atoms with van der Waals surface area (Å²) in [5, 5.41) is 8.59. The number of hydrogen-bond acceptors (Lipinski definition) is 4. The number of hydrogen-bond donors (Lipinski definition) is 0. The molecule has 0 aliphatic rings. The molecule has 0 aliphatic heterocycles. The van der Waals surface area contributed by atoms with Crippen molar-refractivity contribution in [2.24, 2.45) is 7.05 Å². The number of benzene rings is 2. The van der Waals surface area contributed by atoms with Crippen LogP contribution in [0.25, 0.3) is 11.8 Å². The first-order chi connectivity index (χ1) is 12.0. The van der Waals surface area contributed by atoms with Crippen LogP contribution in [-0.2, 0) is 13.7 Å². The van der Waals surface area contributed by atoms with Crippen LogP contribution in [0.2, 0.25) is 10.0 Å². The van der Waals surface area contributed by atoms with Gasteiger partial charge in [-0.2, -0.15) is 9.36 Å². The molecule has 0 amide bonds. The lowest BCUT2D eigenvalue weighted by molar-refractivity contribution is 0.305. The van der Waals surface area contributed by atoms with E-state index in [4.69, 9.17) is 27.9 Å². The van der Waals surface area contributed by atoms with Crippen molar-refractivity contribution >= 4 is 29.3 Å². The number of ether oxygens (including phenoxy) is 1. The molecule has 0 atom stereocenters. The van der Waals surface area contributed by atoms with Gasteiger partial charge in [0.05, 0.1) is 10.7 Å². The molecule has 1 aromatic heterocycles. The smallest absolute Gasteiger partial charge is 0.368 e. The van der Waals surface area contributed by atoms with Crippen molar-refractivity contribution in [3.63, 3.8) is 0 Å². The minimum Gasteiger partial charge on any atom is -0.487 e. The molecule has 0 spiro atoms. The monoisotopic (exact) mass is 376 g/mol. The van der Waals surface area contributed by atoms with Crippen LogP contribution in [0, 0.1) is 0 Å². The number of aryl methyl sites for hydroxylation is 1. The molecule has 8 heteroatoms. The largest absolute Gasteiger partial charge is 0.487 e. The normalized spacial score (nSPS) is 10.7. The molecule has 0 aliphatic carbocycles. The first kappa shape index (κ1) is 17.3. The summed E-state index contributed by atoms with van der Waals surface area (Å²) in [7, 11) is 1.53. The number of halogens is 2. The molecule has 3 rings (SSSR count). The lowest BCUT2D eigenvalue weighted by atomic mass is 10.1.